The monoisotopic (exact) mass is 259 g/mol. The van der Waals surface area contributed by atoms with Crippen molar-refractivity contribution < 1.29 is 10.2 Å². The second-order valence-electron chi connectivity index (χ2n) is 3.94. The van der Waals surface area contributed by atoms with Crippen molar-refractivity contribution in [1.29, 1.82) is 0 Å². The molecule has 3 nitrogen and oxygen atoms in total. The zero-order valence-corrected chi connectivity index (χ0v) is 10.4. The summed E-state index contributed by atoms with van der Waals surface area (Å²) in [6.07, 6.45) is 0.608. The zero-order chi connectivity index (χ0) is 13.0. The van der Waals surface area contributed by atoms with Gasteiger partial charge in [-0.05, 0) is 42.0 Å². The summed E-state index contributed by atoms with van der Waals surface area (Å²) in [4.78, 5) is 0.686. The van der Waals surface area contributed by atoms with Gasteiger partial charge in [0, 0.05) is 12.1 Å². The molecule has 0 heterocycles. The van der Waals surface area contributed by atoms with Gasteiger partial charge in [-0.25, -0.2) is 0 Å². The fourth-order valence-corrected chi connectivity index (χ4v) is 1.83. The number of phenolic OH excluding ortho intramolecular Hbond substituents is 2. The van der Waals surface area contributed by atoms with E-state index >= 15 is 0 Å². The summed E-state index contributed by atoms with van der Waals surface area (Å²) in [5.74, 6) is 0.473. The average molecular weight is 259 g/mol. The Labute approximate surface area is 111 Å². The van der Waals surface area contributed by atoms with Crippen LogP contribution in [-0.4, -0.2) is 15.2 Å². The van der Waals surface area contributed by atoms with Gasteiger partial charge in [-0.15, -0.1) is 0 Å². The van der Waals surface area contributed by atoms with Crippen LogP contribution in [0.15, 0.2) is 48.5 Å². The molecular weight excluding hydrogens is 246 g/mol. The van der Waals surface area contributed by atoms with Gasteiger partial charge in [-0.1, -0.05) is 24.4 Å². The molecule has 0 atom stereocenters. The second-order valence-corrected chi connectivity index (χ2v) is 4.43. The highest BCUT2D eigenvalue weighted by molar-refractivity contribution is 7.80. The molecule has 2 rings (SSSR count). The van der Waals surface area contributed by atoms with Crippen molar-refractivity contribution in [1.82, 2.24) is 0 Å². The number of thiocarbonyl (C=S) groups is 1. The normalized spacial score (nSPS) is 10.0. The number of benzene rings is 2. The number of anilines is 1. The Morgan fingerprint density at radius 1 is 0.889 bits per heavy atom. The largest absolute Gasteiger partial charge is 0.508 e. The maximum Gasteiger partial charge on any atom is 0.115 e. The van der Waals surface area contributed by atoms with E-state index in [4.69, 9.17) is 17.3 Å². The highest BCUT2D eigenvalue weighted by Crippen LogP contribution is 2.15. The molecule has 0 fully saturated rings. The van der Waals surface area contributed by atoms with E-state index in [1.165, 1.54) is 0 Å². The first-order valence-electron chi connectivity index (χ1n) is 5.50. The van der Waals surface area contributed by atoms with Crippen LogP contribution >= 0.6 is 12.2 Å². The van der Waals surface area contributed by atoms with Crippen molar-refractivity contribution in [3.8, 4) is 11.5 Å². The highest BCUT2D eigenvalue weighted by Gasteiger charge is 2.00. The average Bonchev–Trinajstić information content (AvgIpc) is 2.35. The number of phenols is 2. The number of nitrogens with one attached hydrogen (secondary N) is 1. The number of rotatable bonds is 3. The van der Waals surface area contributed by atoms with Gasteiger partial charge in [-0.3, -0.25) is 0 Å². The molecule has 4 heteroatoms. The SMILES string of the molecule is Oc1ccc(CC(=S)Nc2ccc(O)cc2)cc1. The van der Waals surface area contributed by atoms with E-state index in [0.717, 1.165) is 11.3 Å². The Kier molecular flexibility index (Phi) is 3.79. The van der Waals surface area contributed by atoms with Gasteiger partial charge in [0.05, 0.1) is 4.99 Å². The summed E-state index contributed by atoms with van der Waals surface area (Å²) in [6, 6.07) is 13.7. The first-order chi connectivity index (χ1) is 8.63. The molecule has 0 aliphatic heterocycles. The van der Waals surface area contributed by atoms with E-state index in [9.17, 15) is 5.11 Å². The van der Waals surface area contributed by atoms with Crippen molar-refractivity contribution in [2.75, 3.05) is 5.32 Å². The smallest absolute Gasteiger partial charge is 0.115 e. The lowest BCUT2D eigenvalue weighted by Crippen LogP contribution is -2.11. The molecule has 0 bridgehead atoms. The lowest BCUT2D eigenvalue weighted by molar-refractivity contribution is 0.474. The Bertz CT molecular complexity index is 485. The molecule has 0 unspecified atom stereocenters. The minimum Gasteiger partial charge on any atom is -0.508 e. The van der Waals surface area contributed by atoms with Gasteiger partial charge in [0.25, 0.3) is 0 Å². The van der Waals surface area contributed by atoms with Crippen LogP contribution in [-0.2, 0) is 6.42 Å². The predicted molar refractivity (Wildman–Crippen MR) is 76.1 cm³/mol. The van der Waals surface area contributed by atoms with Crippen molar-refractivity contribution in [3.05, 3.63) is 54.1 Å². The quantitative estimate of drug-likeness (QED) is 0.585. The molecular formula is C14H13NO2S. The molecule has 0 aromatic heterocycles. The van der Waals surface area contributed by atoms with Crippen molar-refractivity contribution in [3.63, 3.8) is 0 Å². The number of hydrogen-bond donors (Lipinski definition) is 3. The van der Waals surface area contributed by atoms with E-state index in [2.05, 4.69) is 5.32 Å². The summed E-state index contributed by atoms with van der Waals surface area (Å²) in [5.41, 5.74) is 1.88. The van der Waals surface area contributed by atoms with Crippen molar-refractivity contribution in [2.45, 2.75) is 6.42 Å². The van der Waals surface area contributed by atoms with Crippen LogP contribution in [0.5, 0.6) is 11.5 Å². The van der Waals surface area contributed by atoms with Gasteiger partial charge in [0.15, 0.2) is 0 Å². The molecule has 0 radical (unpaired) electrons. The fraction of sp³-hybridized carbons (Fsp3) is 0.0714. The lowest BCUT2D eigenvalue weighted by atomic mass is 10.1. The van der Waals surface area contributed by atoms with E-state index in [1.807, 2.05) is 12.1 Å². The predicted octanol–water partition coefficient (Wildman–Crippen LogP) is 3.08. The van der Waals surface area contributed by atoms with Crippen molar-refractivity contribution >= 4 is 22.9 Å². The van der Waals surface area contributed by atoms with E-state index < -0.39 is 0 Å². The topological polar surface area (TPSA) is 52.5 Å². The Morgan fingerprint density at radius 2 is 1.39 bits per heavy atom. The van der Waals surface area contributed by atoms with Crippen LogP contribution in [0.2, 0.25) is 0 Å². The van der Waals surface area contributed by atoms with Gasteiger partial charge in [-0.2, -0.15) is 0 Å². The molecule has 18 heavy (non-hydrogen) atoms. The van der Waals surface area contributed by atoms with Crippen LogP contribution in [0.1, 0.15) is 5.56 Å². The molecule has 0 spiro atoms. The summed E-state index contributed by atoms with van der Waals surface area (Å²) < 4.78 is 0. The van der Waals surface area contributed by atoms with Gasteiger partial charge >= 0.3 is 0 Å². The second kappa shape index (κ2) is 5.51. The third-order valence-corrected chi connectivity index (χ3v) is 2.70. The number of aromatic hydroxyl groups is 2. The summed E-state index contributed by atoms with van der Waals surface area (Å²) in [7, 11) is 0. The first kappa shape index (κ1) is 12.4. The van der Waals surface area contributed by atoms with Crippen LogP contribution in [0, 0.1) is 0 Å². The molecule has 0 saturated heterocycles. The molecule has 0 aliphatic carbocycles. The van der Waals surface area contributed by atoms with Gasteiger partial charge in [0.2, 0.25) is 0 Å². The van der Waals surface area contributed by atoms with Crippen LogP contribution < -0.4 is 5.32 Å². The van der Waals surface area contributed by atoms with E-state index in [-0.39, 0.29) is 11.5 Å². The van der Waals surface area contributed by atoms with Crippen LogP contribution in [0.4, 0.5) is 5.69 Å². The van der Waals surface area contributed by atoms with Crippen LogP contribution in [0.25, 0.3) is 0 Å². The molecule has 92 valence electrons. The molecule has 2 aromatic rings. The van der Waals surface area contributed by atoms with Gasteiger partial charge in [0.1, 0.15) is 11.5 Å². The molecule has 3 N–H and O–H groups in total. The summed E-state index contributed by atoms with van der Waals surface area (Å²) >= 11 is 5.25. The van der Waals surface area contributed by atoms with E-state index in [0.29, 0.717) is 11.4 Å². The molecule has 0 amide bonds. The first-order valence-corrected chi connectivity index (χ1v) is 5.91. The summed E-state index contributed by atoms with van der Waals surface area (Å²) in [5, 5.41) is 21.4. The minimum absolute atomic E-state index is 0.227. The molecule has 2 aromatic carbocycles. The summed E-state index contributed by atoms with van der Waals surface area (Å²) in [6.45, 7) is 0. The highest BCUT2D eigenvalue weighted by atomic mass is 32.1. The minimum atomic E-state index is 0.227. The lowest BCUT2D eigenvalue weighted by Gasteiger charge is -2.08. The zero-order valence-electron chi connectivity index (χ0n) is 9.63. The number of hydrogen-bond acceptors (Lipinski definition) is 3. The molecule has 0 saturated carbocycles. The van der Waals surface area contributed by atoms with Crippen molar-refractivity contribution in [2.24, 2.45) is 0 Å². The van der Waals surface area contributed by atoms with E-state index in [1.54, 1.807) is 36.4 Å². The Hall–Kier alpha value is -2.07. The Morgan fingerprint density at radius 3 is 1.94 bits per heavy atom. The van der Waals surface area contributed by atoms with Crippen LogP contribution in [0.3, 0.4) is 0 Å². The maximum atomic E-state index is 9.18. The molecule has 0 aliphatic rings. The third kappa shape index (κ3) is 3.46. The Balaban J connectivity index is 1.96. The standard InChI is InChI=1S/C14H13NO2S/c16-12-5-1-10(2-6-12)9-14(18)15-11-3-7-13(17)8-4-11/h1-8,16-17H,9H2,(H,15,18). The fourth-order valence-electron chi connectivity index (χ4n) is 1.55. The maximum absolute atomic E-state index is 9.18. The van der Waals surface area contributed by atoms with Gasteiger partial charge < -0.3 is 15.5 Å². The third-order valence-electron chi connectivity index (χ3n) is 2.45.